The normalized spacial score (nSPS) is 34.2. The molecule has 0 amide bonds. The first-order valence-electron chi connectivity index (χ1n) is 8.84. The number of ether oxygens (including phenoxy) is 1. The average Bonchev–Trinajstić information content (AvgIpc) is 2.52. The van der Waals surface area contributed by atoms with Gasteiger partial charge in [-0.05, 0) is 86.0 Å². The van der Waals surface area contributed by atoms with E-state index >= 15 is 0 Å². The van der Waals surface area contributed by atoms with E-state index in [9.17, 15) is 0 Å². The van der Waals surface area contributed by atoms with Crippen molar-refractivity contribution >= 4 is 23.0 Å². The Balaban J connectivity index is 1.37. The van der Waals surface area contributed by atoms with Gasteiger partial charge in [-0.15, -0.1) is 0 Å². The number of methoxy groups -OCH3 is 1. The van der Waals surface area contributed by atoms with Gasteiger partial charge in [0.15, 0.2) is 5.11 Å². The summed E-state index contributed by atoms with van der Waals surface area (Å²) >= 11 is 5.52. The molecule has 0 spiro atoms. The molecule has 1 aromatic rings. The number of benzene rings is 1. The van der Waals surface area contributed by atoms with Crippen LogP contribution in [0, 0.1) is 23.2 Å². The first-order valence-corrected chi connectivity index (χ1v) is 9.24. The Kier molecular flexibility index (Phi) is 3.96. The fraction of sp³-hybridized carbons (Fsp3) is 0.632. The van der Waals surface area contributed by atoms with Crippen molar-refractivity contribution in [1.29, 1.82) is 0 Å². The highest BCUT2D eigenvalue weighted by atomic mass is 32.1. The second-order valence-corrected chi connectivity index (χ2v) is 8.33. The number of thiocarbonyl (C=S) groups is 1. The smallest absolute Gasteiger partial charge is 0.170 e. The molecule has 0 radical (unpaired) electrons. The summed E-state index contributed by atoms with van der Waals surface area (Å²) in [4.78, 5) is 0. The molecule has 4 fully saturated rings. The van der Waals surface area contributed by atoms with Gasteiger partial charge in [0.2, 0.25) is 0 Å². The van der Waals surface area contributed by atoms with Crippen LogP contribution in [-0.2, 0) is 0 Å². The van der Waals surface area contributed by atoms with Crippen LogP contribution in [0.5, 0.6) is 5.75 Å². The lowest BCUT2D eigenvalue weighted by atomic mass is 9.49. The maximum Gasteiger partial charge on any atom is 0.170 e. The molecule has 4 aliphatic carbocycles. The Morgan fingerprint density at radius 3 is 2.35 bits per heavy atom. The summed E-state index contributed by atoms with van der Waals surface area (Å²) < 4.78 is 5.37. The van der Waals surface area contributed by atoms with E-state index < -0.39 is 0 Å². The molecule has 1 aromatic carbocycles. The van der Waals surface area contributed by atoms with Gasteiger partial charge in [-0.2, -0.15) is 0 Å². The molecule has 0 saturated heterocycles. The fourth-order valence-electron chi connectivity index (χ4n) is 5.69. The van der Waals surface area contributed by atoms with Crippen molar-refractivity contribution < 1.29 is 4.74 Å². The quantitative estimate of drug-likeness (QED) is 0.811. The zero-order valence-corrected chi connectivity index (χ0v) is 14.6. The van der Waals surface area contributed by atoms with Crippen molar-refractivity contribution in [3.63, 3.8) is 0 Å². The molecule has 124 valence electrons. The van der Waals surface area contributed by atoms with Crippen LogP contribution in [0.15, 0.2) is 24.3 Å². The SMILES string of the molecule is COc1ccccc1NC(=S)NCC12CC3CC(CC(C3)C1)C2. The highest BCUT2D eigenvalue weighted by Gasteiger charge is 2.50. The van der Waals surface area contributed by atoms with Crippen LogP contribution in [0.25, 0.3) is 0 Å². The maximum absolute atomic E-state index is 5.52. The van der Waals surface area contributed by atoms with E-state index in [1.54, 1.807) is 7.11 Å². The van der Waals surface area contributed by atoms with Crippen LogP contribution in [-0.4, -0.2) is 18.8 Å². The minimum absolute atomic E-state index is 0.501. The number of nitrogens with one attached hydrogen (secondary N) is 2. The molecule has 23 heavy (non-hydrogen) atoms. The molecule has 5 rings (SSSR count). The average molecular weight is 330 g/mol. The van der Waals surface area contributed by atoms with Crippen molar-refractivity contribution in [2.75, 3.05) is 19.0 Å². The van der Waals surface area contributed by atoms with Gasteiger partial charge < -0.3 is 15.4 Å². The van der Waals surface area contributed by atoms with Crippen LogP contribution in [0.2, 0.25) is 0 Å². The van der Waals surface area contributed by atoms with Crippen LogP contribution in [0.4, 0.5) is 5.69 Å². The van der Waals surface area contributed by atoms with E-state index in [0.717, 1.165) is 35.7 Å². The fourth-order valence-corrected chi connectivity index (χ4v) is 5.87. The number of anilines is 1. The highest BCUT2D eigenvalue weighted by Crippen LogP contribution is 2.59. The van der Waals surface area contributed by atoms with Gasteiger partial charge in [-0.25, -0.2) is 0 Å². The zero-order valence-electron chi connectivity index (χ0n) is 13.8. The lowest BCUT2D eigenvalue weighted by molar-refractivity contribution is -0.0490. The summed E-state index contributed by atoms with van der Waals surface area (Å²) in [6.45, 7) is 1.03. The first-order chi connectivity index (χ1) is 11.2. The van der Waals surface area contributed by atoms with Crippen molar-refractivity contribution in [1.82, 2.24) is 5.32 Å². The summed E-state index contributed by atoms with van der Waals surface area (Å²) in [5, 5.41) is 7.51. The van der Waals surface area contributed by atoms with Crippen LogP contribution < -0.4 is 15.4 Å². The predicted octanol–water partition coefficient (Wildman–Crippen LogP) is 4.20. The molecule has 0 heterocycles. The summed E-state index contributed by atoms with van der Waals surface area (Å²) in [7, 11) is 1.69. The number of para-hydroxylation sites is 2. The maximum atomic E-state index is 5.52. The lowest BCUT2D eigenvalue weighted by Crippen LogP contribution is -2.51. The van der Waals surface area contributed by atoms with Gasteiger partial charge in [0.05, 0.1) is 12.8 Å². The lowest BCUT2D eigenvalue weighted by Gasteiger charge is -2.57. The van der Waals surface area contributed by atoms with E-state index in [1.807, 2.05) is 24.3 Å². The third-order valence-electron chi connectivity index (χ3n) is 6.14. The molecule has 4 aliphatic rings. The molecule has 4 bridgehead atoms. The Morgan fingerprint density at radius 1 is 1.13 bits per heavy atom. The summed E-state index contributed by atoms with van der Waals surface area (Å²) in [5.41, 5.74) is 1.43. The molecule has 4 saturated carbocycles. The number of hydrogen-bond acceptors (Lipinski definition) is 2. The van der Waals surface area contributed by atoms with Gasteiger partial charge in [-0.1, -0.05) is 12.1 Å². The molecular formula is C19H26N2OS. The predicted molar refractivity (Wildman–Crippen MR) is 97.8 cm³/mol. The Labute approximate surface area is 144 Å². The molecule has 0 aliphatic heterocycles. The van der Waals surface area contributed by atoms with Crippen molar-refractivity contribution in [3.8, 4) is 5.75 Å². The van der Waals surface area contributed by atoms with E-state index in [4.69, 9.17) is 17.0 Å². The Hall–Kier alpha value is -1.29. The van der Waals surface area contributed by atoms with E-state index in [-0.39, 0.29) is 0 Å². The van der Waals surface area contributed by atoms with Crippen LogP contribution in [0.1, 0.15) is 38.5 Å². The second-order valence-electron chi connectivity index (χ2n) is 7.93. The van der Waals surface area contributed by atoms with Gasteiger partial charge in [0, 0.05) is 6.54 Å². The van der Waals surface area contributed by atoms with E-state index in [1.165, 1.54) is 38.5 Å². The van der Waals surface area contributed by atoms with Gasteiger partial charge in [0.25, 0.3) is 0 Å². The minimum atomic E-state index is 0.501. The topological polar surface area (TPSA) is 33.3 Å². The summed E-state index contributed by atoms with van der Waals surface area (Å²) in [6.07, 6.45) is 8.69. The third kappa shape index (κ3) is 3.06. The monoisotopic (exact) mass is 330 g/mol. The van der Waals surface area contributed by atoms with Crippen molar-refractivity contribution in [3.05, 3.63) is 24.3 Å². The van der Waals surface area contributed by atoms with E-state index in [0.29, 0.717) is 10.5 Å². The summed E-state index contributed by atoms with van der Waals surface area (Å²) in [6, 6.07) is 7.91. The second kappa shape index (κ2) is 5.97. The zero-order chi connectivity index (χ0) is 15.9. The molecule has 0 aromatic heterocycles. The highest BCUT2D eigenvalue weighted by molar-refractivity contribution is 7.80. The number of rotatable bonds is 4. The molecule has 4 heteroatoms. The largest absolute Gasteiger partial charge is 0.495 e. The molecule has 3 nitrogen and oxygen atoms in total. The van der Waals surface area contributed by atoms with Crippen molar-refractivity contribution in [2.24, 2.45) is 23.2 Å². The molecule has 0 unspecified atom stereocenters. The molecule has 2 N–H and O–H groups in total. The number of hydrogen-bond donors (Lipinski definition) is 2. The van der Waals surface area contributed by atoms with Crippen LogP contribution in [0.3, 0.4) is 0 Å². The van der Waals surface area contributed by atoms with Gasteiger partial charge in [-0.3, -0.25) is 0 Å². The third-order valence-corrected chi connectivity index (χ3v) is 6.39. The van der Waals surface area contributed by atoms with E-state index in [2.05, 4.69) is 10.6 Å². The Bertz CT molecular complexity index is 566. The van der Waals surface area contributed by atoms with Crippen LogP contribution >= 0.6 is 12.2 Å². The Morgan fingerprint density at radius 2 is 1.74 bits per heavy atom. The summed E-state index contributed by atoms with van der Waals surface area (Å²) in [5.74, 6) is 3.78. The van der Waals surface area contributed by atoms with Crippen molar-refractivity contribution in [2.45, 2.75) is 38.5 Å². The molecule has 0 atom stereocenters. The standard InChI is InChI=1S/C19H26N2OS/c1-22-17-5-3-2-4-16(17)21-18(23)20-12-19-9-13-6-14(10-19)8-15(7-13)11-19/h2-5,13-15H,6-12H2,1H3,(H2,20,21,23). The first kappa shape index (κ1) is 15.3. The van der Waals surface area contributed by atoms with Gasteiger partial charge in [0.1, 0.15) is 5.75 Å². The minimum Gasteiger partial charge on any atom is -0.495 e. The molecular weight excluding hydrogens is 304 g/mol. The van der Waals surface area contributed by atoms with Gasteiger partial charge >= 0.3 is 0 Å².